The van der Waals surface area contributed by atoms with E-state index in [4.69, 9.17) is 25.7 Å². The maximum atomic E-state index is 12.3. The number of ether oxygens (including phenoxy) is 1. The number of urea groups is 1. The molecule has 0 unspecified atom stereocenters. The van der Waals surface area contributed by atoms with Gasteiger partial charge in [0.15, 0.2) is 5.58 Å². The molecule has 3 heterocycles. The van der Waals surface area contributed by atoms with Crippen LogP contribution in [0, 0.1) is 0 Å². The average Bonchev–Trinajstić information content (AvgIpc) is 3.05. The molecule has 7 nitrogen and oxygen atoms in total. The first-order chi connectivity index (χ1) is 13.1. The van der Waals surface area contributed by atoms with E-state index in [0.29, 0.717) is 23.1 Å². The number of aromatic nitrogens is 1. The van der Waals surface area contributed by atoms with Crippen molar-refractivity contribution in [3.8, 4) is 0 Å². The van der Waals surface area contributed by atoms with Crippen molar-refractivity contribution in [1.29, 1.82) is 0 Å². The minimum absolute atomic E-state index is 0.196. The molecule has 5 rings (SSSR count). The molecular formula is C19H23ClN4O3. The zero-order valence-electron chi connectivity index (χ0n) is 15.1. The number of fused-ring (bicyclic) bond motifs is 4. The van der Waals surface area contributed by atoms with Gasteiger partial charge in [0.25, 0.3) is 0 Å². The SMILES string of the molecule is O=C1Nc2c(Cl)cc3nc(CN4CCOCC4)oc3c2C2(CCCCC2)N1. The smallest absolute Gasteiger partial charge is 0.319 e. The van der Waals surface area contributed by atoms with Crippen molar-refractivity contribution in [1.82, 2.24) is 15.2 Å². The van der Waals surface area contributed by atoms with E-state index < -0.39 is 5.54 Å². The highest BCUT2D eigenvalue weighted by Gasteiger charge is 2.44. The van der Waals surface area contributed by atoms with Gasteiger partial charge in [-0.2, -0.15) is 0 Å². The van der Waals surface area contributed by atoms with Crippen LogP contribution >= 0.6 is 11.6 Å². The molecule has 27 heavy (non-hydrogen) atoms. The fourth-order valence-corrected chi connectivity index (χ4v) is 4.88. The van der Waals surface area contributed by atoms with Gasteiger partial charge in [0.2, 0.25) is 5.89 Å². The Morgan fingerprint density at radius 3 is 2.78 bits per heavy atom. The van der Waals surface area contributed by atoms with E-state index in [2.05, 4.69) is 15.5 Å². The number of nitrogens with one attached hydrogen (secondary N) is 2. The summed E-state index contributed by atoms with van der Waals surface area (Å²) < 4.78 is 11.7. The number of amides is 2. The van der Waals surface area contributed by atoms with E-state index in [0.717, 1.165) is 68.6 Å². The molecule has 8 heteroatoms. The monoisotopic (exact) mass is 390 g/mol. The fourth-order valence-electron chi connectivity index (χ4n) is 4.63. The Morgan fingerprint density at radius 2 is 2.00 bits per heavy atom. The fraction of sp³-hybridized carbons (Fsp3) is 0.579. The summed E-state index contributed by atoms with van der Waals surface area (Å²) in [6.45, 7) is 3.87. The summed E-state index contributed by atoms with van der Waals surface area (Å²) in [6, 6.07) is 1.60. The number of rotatable bonds is 2. The lowest BCUT2D eigenvalue weighted by Gasteiger charge is -2.42. The molecule has 2 fully saturated rings. The highest BCUT2D eigenvalue weighted by Crippen LogP contribution is 2.48. The highest BCUT2D eigenvalue weighted by molar-refractivity contribution is 6.35. The third-order valence-electron chi connectivity index (χ3n) is 5.92. The summed E-state index contributed by atoms with van der Waals surface area (Å²) in [5, 5.41) is 6.58. The van der Waals surface area contributed by atoms with Crippen LogP contribution in [0.1, 0.15) is 43.6 Å². The molecule has 1 aromatic carbocycles. The van der Waals surface area contributed by atoms with Gasteiger partial charge in [-0.3, -0.25) is 4.90 Å². The molecule has 1 aromatic heterocycles. The predicted molar refractivity (Wildman–Crippen MR) is 102 cm³/mol. The van der Waals surface area contributed by atoms with Crippen LogP contribution in [0.25, 0.3) is 11.1 Å². The number of carbonyl (C=O) groups is 1. The molecule has 2 N–H and O–H groups in total. The van der Waals surface area contributed by atoms with Gasteiger partial charge in [-0.05, 0) is 18.9 Å². The van der Waals surface area contributed by atoms with E-state index in [1.807, 2.05) is 0 Å². The third-order valence-corrected chi connectivity index (χ3v) is 6.21. The number of hydrogen-bond acceptors (Lipinski definition) is 5. The van der Waals surface area contributed by atoms with E-state index in [9.17, 15) is 4.79 Å². The van der Waals surface area contributed by atoms with Gasteiger partial charge in [0.1, 0.15) is 5.52 Å². The largest absolute Gasteiger partial charge is 0.439 e. The minimum atomic E-state index is -0.422. The van der Waals surface area contributed by atoms with Crippen LogP contribution in [0.15, 0.2) is 10.5 Å². The molecule has 1 saturated carbocycles. The van der Waals surface area contributed by atoms with Crippen molar-refractivity contribution in [2.75, 3.05) is 31.6 Å². The number of nitrogens with zero attached hydrogens (tertiary/aromatic N) is 2. The van der Waals surface area contributed by atoms with Gasteiger partial charge in [0.05, 0.1) is 36.0 Å². The van der Waals surface area contributed by atoms with Gasteiger partial charge in [-0.15, -0.1) is 0 Å². The lowest BCUT2D eigenvalue weighted by atomic mass is 9.74. The summed E-state index contributed by atoms with van der Waals surface area (Å²) in [5.41, 5.74) is 2.71. The Labute approximate surface area is 162 Å². The van der Waals surface area contributed by atoms with Crippen LogP contribution in [0.2, 0.25) is 5.02 Å². The summed E-state index contributed by atoms with van der Waals surface area (Å²) in [7, 11) is 0. The highest BCUT2D eigenvalue weighted by atomic mass is 35.5. The Morgan fingerprint density at radius 1 is 1.22 bits per heavy atom. The van der Waals surface area contributed by atoms with Crippen molar-refractivity contribution in [3.05, 3.63) is 22.5 Å². The molecule has 3 aliphatic rings. The number of carbonyl (C=O) groups excluding carboxylic acids is 1. The van der Waals surface area contributed by atoms with Crippen molar-refractivity contribution in [3.63, 3.8) is 0 Å². The number of benzene rings is 1. The number of anilines is 1. The lowest BCUT2D eigenvalue weighted by molar-refractivity contribution is 0.0308. The Hall–Kier alpha value is -1.83. The van der Waals surface area contributed by atoms with Crippen LogP contribution < -0.4 is 10.6 Å². The number of morpholine rings is 1. The molecule has 2 aromatic rings. The number of halogens is 1. The van der Waals surface area contributed by atoms with Crippen LogP contribution in [0.5, 0.6) is 0 Å². The zero-order chi connectivity index (χ0) is 18.4. The third kappa shape index (κ3) is 2.98. The van der Waals surface area contributed by atoms with Gasteiger partial charge < -0.3 is 19.8 Å². The normalized spacial score (nSPS) is 22.5. The Balaban J connectivity index is 1.61. The summed E-state index contributed by atoms with van der Waals surface area (Å²) in [4.78, 5) is 19.3. The molecule has 0 atom stereocenters. The summed E-state index contributed by atoms with van der Waals surface area (Å²) in [6.07, 6.45) is 5.11. The average molecular weight is 391 g/mol. The van der Waals surface area contributed by atoms with Crippen molar-refractivity contribution in [2.24, 2.45) is 0 Å². The minimum Gasteiger partial charge on any atom is -0.439 e. The summed E-state index contributed by atoms with van der Waals surface area (Å²) in [5.74, 6) is 0.680. The summed E-state index contributed by atoms with van der Waals surface area (Å²) >= 11 is 6.54. The number of oxazole rings is 1. The lowest BCUT2D eigenvalue weighted by Crippen LogP contribution is -2.52. The maximum Gasteiger partial charge on any atom is 0.319 e. The number of hydrogen-bond donors (Lipinski definition) is 2. The second-order valence-corrected chi connectivity index (χ2v) is 8.08. The van der Waals surface area contributed by atoms with Crippen LogP contribution in [-0.2, 0) is 16.8 Å². The predicted octanol–water partition coefficient (Wildman–Crippen LogP) is 3.61. The van der Waals surface area contributed by atoms with Crippen molar-refractivity contribution < 1.29 is 13.9 Å². The van der Waals surface area contributed by atoms with Gasteiger partial charge >= 0.3 is 6.03 Å². The van der Waals surface area contributed by atoms with Gasteiger partial charge in [-0.25, -0.2) is 9.78 Å². The molecule has 2 amide bonds. The molecule has 1 aliphatic carbocycles. The van der Waals surface area contributed by atoms with Gasteiger partial charge in [0, 0.05) is 18.7 Å². The molecule has 1 spiro atoms. The van der Waals surface area contributed by atoms with Gasteiger partial charge in [-0.1, -0.05) is 30.9 Å². The first kappa shape index (κ1) is 17.3. The molecular weight excluding hydrogens is 368 g/mol. The molecule has 0 bridgehead atoms. The first-order valence-electron chi connectivity index (χ1n) is 9.66. The van der Waals surface area contributed by atoms with Crippen LogP contribution in [-0.4, -0.2) is 42.2 Å². The zero-order valence-corrected chi connectivity index (χ0v) is 15.9. The van der Waals surface area contributed by atoms with Crippen LogP contribution in [0.3, 0.4) is 0 Å². The van der Waals surface area contributed by atoms with Crippen LogP contribution in [0.4, 0.5) is 10.5 Å². The van der Waals surface area contributed by atoms with Crippen molar-refractivity contribution >= 4 is 34.4 Å². The standard InChI is InChI=1S/C19H23ClN4O3/c20-12-10-13-17(27-14(21-13)11-24-6-8-26-9-7-24)15-16(12)22-18(25)23-19(15)4-2-1-3-5-19/h10H,1-9,11H2,(H2,22,23,25). The first-order valence-corrected chi connectivity index (χ1v) is 10.0. The van der Waals surface area contributed by atoms with E-state index in [-0.39, 0.29) is 6.03 Å². The van der Waals surface area contributed by atoms with E-state index in [1.54, 1.807) is 6.07 Å². The molecule has 2 aliphatic heterocycles. The second-order valence-electron chi connectivity index (χ2n) is 7.67. The topological polar surface area (TPSA) is 79.6 Å². The quantitative estimate of drug-likeness (QED) is 0.818. The Kier molecular flexibility index (Phi) is 4.26. The maximum absolute atomic E-state index is 12.3. The Bertz CT molecular complexity index is 885. The molecule has 0 radical (unpaired) electrons. The molecule has 1 saturated heterocycles. The van der Waals surface area contributed by atoms with E-state index >= 15 is 0 Å². The van der Waals surface area contributed by atoms with E-state index in [1.165, 1.54) is 6.42 Å². The van der Waals surface area contributed by atoms with Crippen molar-refractivity contribution in [2.45, 2.75) is 44.2 Å². The second kappa shape index (κ2) is 6.65. The molecule has 144 valence electrons.